The van der Waals surface area contributed by atoms with Crippen molar-refractivity contribution >= 4 is 32.7 Å². The van der Waals surface area contributed by atoms with Gasteiger partial charge in [0.15, 0.2) is 0 Å². The predicted octanol–water partition coefficient (Wildman–Crippen LogP) is 5.89. The average molecular weight is 493 g/mol. The molecule has 0 fully saturated rings. The van der Waals surface area contributed by atoms with Crippen LogP contribution in [0.2, 0.25) is 0 Å². The number of nitrogens with zero attached hydrogens (tertiary/aromatic N) is 1. The number of aryl methyl sites for hydroxylation is 2. The highest BCUT2D eigenvalue weighted by Crippen LogP contribution is 2.21. The maximum atomic E-state index is 13.4. The Bertz CT molecular complexity index is 1350. The zero-order valence-electron chi connectivity index (χ0n) is 17.8. The number of carbonyl (C=O) groups excluding carboxylic acids is 1. The van der Waals surface area contributed by atoms with Crippen molar-refractivity contribution < 1.29 is 9.18 Å². The van der Waals surface area contributed by atoms with Gasteiger partial charge in [0.25, 0.3) is 11.5 Å². The molecule has 162 valence electrons. The molecule has 1 N–H and O–H groups in total. The van der Waals surface area contributed by atoms with E-state index in [9.17, 15) is 14.0 Å². The van der Waals surface area contributed by atoms with Gasteiger partial charge in [-0.1, -0.05) is 34.1 Å². The van der Waals surface area contributed by atoms with Gasteiger partial charge in [-0.15, -0.1) is 0 Å². The summed E-state index contributed by atoms with van der Waals surface area (Å²) in [4.78, 5) is 30.7. The van der Waals surface area contributed by atoms with Crippen molar-refractivity contribution in [2.24, 2.45) is 0 Å². The topological polar surface area (TPSA) is 53.2 Å². The summed E-state index contributed by atoms with van der Waals surface area (Å²) in [7, 11) is 0. The van der Waals surface area contributed by atoms with Crippen LogP contribution in [0.25, 0.3) is 10.9 Å². The highest BCUT2D eigenvalue weighted by Gasteiger charge is 2.19. The molecule has 1 heterocycles. The van der Waals surface area contributed by atoms with Crippen LogP contribution in [0.3, 0.4) is 0 Å². The second kappa shape index (κ2) is 9.09. The predicted molar refractivity (Wildman–Crippen MR) is 128 cm³/mol. The van der Waals surface area contributed by atoms with Gasteiger partial charge < -0.3 is 9.88 Å². The zero-order valence-corrected chi connectivity index (χ0v) is 19.4. The number of aromatic amines is 1. The minimum Gasteiger partial charge on any atom is -0.330 e. The fraction of sp³-hybridized carbons (Fsp3) is 0.154. The Balaban J connectivity index is 1.73. The first-order valence-corrected chi connectivity index (χ1v) is 11.0. The van der Waals surface area contributed by atoms with E-state index in [1.165, 1.54) is 12.1 Å². The van der Waals surface area contributed by atoms with E-state index < -0.39 is 0 Å². The number of hydrogen-bond donors (Lipinski definition) is 1. The van der Waals surface area contributed by atoms with Crippen molar-refractivity contribution in [3.05, 3.63) is 115 Å². The molecule has 4 rings (SSSR count). The molecule has 6 heteroatoms. The number of benzene rings is 3. The SMILES string of the molecule is Cc1cc(C)c2cc(CN(Cc3ccc(F)cc3)C(=O)c3ccc(Br)cc3)c(=O)[nH]c2c1. The number of fused-ring (bicyclic) bond motifs is 1. The Kier molecular flexibility index (Phi) is 6.24. The lowest BCUT2D eigenvalue weighted by Crippen LogP contribution is -2.32. The maximum absolute atomic E-state index is 13.4. The first kappa shape index (κ1) is 22.0. The van der Waals surface area contributed by atoms with E-state index in [1.54, 1.807) is 41.3 Å². The Labute approximate surface area is 193 Å². The number of aromatic nitrogens is 1. The van der Waals surface area contributed by atoms with Gasteiger partial charge in [-0.05, 0) is 79.1 Å². The highest BCUT2D eigenvalue weighted by molar-refractivity contribution is 9.10. The van der Waals surface area contributed by atoms with Crippen LogP contribution in [0.5, 0.6) is 0 Å². The van der Waals surface area contributed by atoms with Crippen molar-refractivity contribution in [2.75, 3.05) is 0 Å². The molecule has 0 saturated carbocycles. The van der Waals surface area contributed by atoms with Gasteiger partial charge in [-0.3, -0.25) is 9.59 Å². The van der Waals surface area contributed by atoms with E-state index in [2.05, 4.69) is 27.0 Å². The molecule has 0 saturated heterocycles. The molecule has 0 bridgehead atoms. The van der Waals surface area contributed by atoms with Gasteiger partial charge in [0, 0.05) is 33.0 Å². The summed E-state index contributed by atoms with van der Waals surface area (Å²) >= 11 is 3.38. The summed E-state index contributed by atoms with van der Waals surface area (Å²) in [5.41, 5.74) is 4.47. The second-order valence-electron chi connectivity index (χ2n) is 7.96. The Morgan fingerprint density at radius 1 is 0.969 bits per heavy atom. The first-order chi connectivity index (χ1) is 15.3. The van der Waals surface area contributed by atoms with E-state index in [-0.39, 0.29) is 30.4 Å². The van der Waals surface area contributed by atoms with Gasteiger partial charge in [0.05, 0.1) is 6.54 Å². The van der Waals surface area contributed by atoms with Crippen LogP contribution in [0.1, 0.15) is 32.6 Å². The van der Waals surface area contributed by atoms with Gasteiger partial charge in [-0.2, -0.15) is 0 Å². The minimum atomic E-state index is -0.337. The fourth-order valence-electron chi connectivity index (χ4n) is 3.82. The minimum absolute atomic E-state index is 0.130. The summed E-state index contributed by atoms with van der Waals surface area (Å²) in [6, 6.07) is 19.0. The van der Waals surface area contributed by atoms with Gasteiger partial charge in [-0.25, -0.2) is 4.39 Å². The third-order valence-electron chi connectivity index (χ3n) is 5.42. The number of pyridine rings is 1. The second-order valence-corrected chi connectivity index (χ2v) is 8.88. The number of carbonyl (C=O) groups is 1. The third kappa shape index (κ3) is 4.81. The van der Waals surface area contributed by atoms with Crippen LogP contribution in [0, 0.1) is 19.7 Å². The smallest absolute Gasteiger partial charge is 0.254 e. The van der Waals surface area contributed by atoms with E-state index in [0.29, 0.717) is 11.1 Å². The fourth-order valence-corrected chi connectivity index (χ4v) is 4.09. The Morgan fingerprint density at radius 3 is 2.34 bits per heavy atom. The van der Waals surface area contributed by atoms with E-state index in [1.807, 2.05) is 26.0 Å². The lowest BCUT2D eigenvalue weighted by atomic mass is 10.0. The van der Waals surface area contributed by atoms with Crippen LogP contribution >= 0.6 is 15.9 Å². The molecular formula is C26H22BrFN2O2. The summed E-state index contributed by atoms with van der Waals surface area (Å²) < 4.78 is 14.2. The van der Waals surface area contributed by atoms with Crippen molar-refractivity contribution in [3.63, 3.8) is 0 Å². The number of H-pyrrole nitrogens is 1. The Morgan fingerprint density at radius 2 is 1.66 bits per heavy atom. The highest BCUT2D eigenvalue weighted by atomic mass is 79.9. The number of rotatable bonds is 5. The molecule has 4 aromatic rings. The number of halogens is 2. The lowest BCUT2D eigenvalue weighted by molar-refractivity contribution is 0.0729. The van der Waals surface area contributed by atoms with Crippen LogP contribution < -0.4 is 5.56 Å². The third-order valence-corrected chi connectivity index (χ3v) is 5.94. The summed E-state index contributed by atoms with van der Waals surface area (Å²) in [6.07, 6.45) is 0. The molecule has 0 aliphatic rings. The van der Waals surface area contributed by atoms with Crippen LogP contribution in [-0.4, -0.2) is 15.8 Å². The van der Waals surface area contributed by atoms with Crippen LogP contribution in [-0.2, 0) is 13.1 Å². The molecule has 0 aliphatic carbocycles. The average Bonchev–Trinajstić information content (AvgIpc) is 2.75. The van der Waals surface area contributed by atoms with Crippen molar-refractivity contribution in [2.45, 2.75) is 26.9 Å². The number of nitrogens with one attached hydrogen (secondary N) is 1. The Hall–Kier alpha value is -3.25. The largest absolute Gasteiger partial charge is 0.330 e. The monoisotopic (exact) mass is 492 g/mol. The zero-order chi connectivity index (χ0) is 22.8. The molecule has 1 amide bonds. The molecule has 0 unspecified atom stereocenters. The van der Waals surface area contributed by atoms with Crippen molar-refractivity contribution in [3.8, 4) is 0 Å². The summed E-state index contributed by atoms with van der Waals surface area (Å²) in [5.74, 6) is -0.543. The maximum Gasteiger partial charge on any atom is 0.254 e. The van der Waals surface area contributed by atoms with Gasteiger partial charge in [0.1, 0.15) is 5.82 Å². The van der Waals surface area contributed by atoms with Crippen LogP contribution in [0.15, 0.2) is 76.0 Å². The number of amides is 1. The molecule has 1 aromatic heterocycles. The summed E-state index contributed by atoms with van der Waals surface area (Å²) in [5, 5.41) is 0.947. The van der Waals surface area contributed by atoms with Gasteiger partial charge in [0.2, 0.25) is 0 Å². The molecule has 4 nitrogen and oxygen atoms in total. The molecule has 32 heavy (non-hydrogen) atoms. The van der Waals surface area contributed by atoms with Crippen LogP contribution in [0.4, 0.5) is 4.39 Å². The molecule has 0 aliphatic heterocycles. The van der Waals surface area contributed by atoms with E-state index >= 15 is 0 Å². The van der Waals surface area contributed by atoms with E-state index in [4.69, 9.17) is 0 Å². The quantitative estimate of drug-likeness (QED) is 0.377. The first-order valence-electron chi connectivity index (χ1n) is 10.2. The number of hydrogen-bond acceptors (Lipinski definition) is 2. The normalized spacial score (nSPS) is 11.0. The van der Waals surface area contributed by atoms with Crippen molar-refractivity contribution in [1.82, 2.24) is 9.88 Å². The van der Waals surface area contributed by atoms with E-state index in [0.717, 1.165) is 32.1 Å². The molecule has 0 radical (unpaired) electrons. The van der Waals surface area contributed by atoms with Gasteiger partial charge >= 0.3 is 0 Å². The lowest BCUT2D eigenvalue weighted by Gasteiger charge is -2.23. The molecule has 3 aromatic carbocycles. The standard InChI is InChI=1S/C26H22BrFN2O2/c1-16-11-17(2)23-13-20(25(31)29-24(23)12-16)15-30(14-18-3-9-22(28)10-4-18)26(32)19-5-7-21(27)8-6-19/h3-13H,14-15H2,1-2H3,(H,29,31). The molecular weight excluding hydrogens is 471 g/mol. The van der Waals surface area contributed by atoms with Crippen molar-refractivity contribution in [1.29, 1.82) is 0 Å². The molecule has 0 spiro atoms. The summed E-state index contributed by atoms with van der Waals surface area (Å²) in [6.45, 7) is 4.37. The molecule has 0 atom stereocenters.